The SMILES string of the molecule is C=CC[C@H]1C(=O)N2[C@H](CCCC)OC[C@@]2(C(=O)OC)[C@@]1(C)O. The fraction of sp³-hybridized carbons (Fsp3) is 0.750. The predicted molar refractivity (Wildman–Crippen MR) is 79.8 cm³/mol. The molecule has 0 aromatic heterocycles. The third kappa shape index (κ3) is 2.08. The summed E-state index contributed by atoms with van der Waals surface area (Å²) >= 11 is 0. The number of ether oxygens (including phenoxy) is 2. The number of carbonyl (C=O) groups is 2. The fourth-order valence-corrected chi connectivity index (χ4v) is 3.64. The quantitative estimate of drug-likeness (QED) is 0.590. The van der Waals surface area contributed by atoms with Gasteiger partial charge in [-0.15, -0.1) is 6.58 Å². The van der Waals surface area contributed by atoms with E-state index in [4.69, 9.17) is 9.47 Å². The molecule has 0 aliphatic carbocycles. The van der Waals surface area contributed by atoms with Gasteiger partial charge in [0.15, 0.2) is 5.54 Å². The van der Waals surface area contributed by atoms with E-state index in [-0.39, 0.29) is 12.5 Å². The van der Waals surface area contributed by atoms with Crippen LogP contribution in [0.5, 0.6) is 0 Å². The van der Waals surface area contributed by atoms with Crippen molar-refractivity contribution < 1.29 is 24.2 Å². The molecule has 0 radical (unpaired) electrons. The molecule has 2 heterocycles. The zero-order chi connectivity index (χ0) is 16.5. The Hall–Kier alpha value is -1.40. The second-order valence-electron chi connectivity index (χ2n) is 6.19. The van der Waals surface area contributed by atoms with Crippen LogP contribution in [0.25, 0.3) is 0 Å². The zero-order valence-corrected chi connectivity index (χ0v) is 13.5. The molecule has 6 nitrogen and oxygen atoms in total. The van der Waals surface area contributed by atoms with Crippen LogP contribution in [0.2, 0.25) is 0 Å². The molecule has 1 amide bonds. The summed E-state index contributed by atoms with van der Waals surface area (Å²) in [6, 6.07) is 0. The molecular formula is C16H25NO5. The normalized spacial score (nSPS) is 37.3. The molecule has 6 heteroatoms. The average Bonchev–Trinajstić information content (AvgIpc) is 2.95. The van der Waals surface area contributed by atoms with Crippen LogP contribution in [-0.4, -0.2) is 53.0 Å². The summed E-state index contributed by atoms with van der Waals surface area (Å²) in [7, 11) is 1.26. The minimum absolute atomic E-state index is 0.0412. The molecule has 2 saturated heterocycles. The first-order valence-corrected chi connectivity index (χ1v) is 7.75. The topological polar surface area (TPSA) is 76.1 Å². The summed E-state index contributed by atoms with van der Waals surface area (Å²) in [6.45, 7) is 7.17. The maximum atomic E-state index is 12.8. The maximum Gasteiger partial charge on any atom is 0.337 e. The molecule has 124 valence electrons. The van der Waals surface area contributed by atoms with E-state index in [0.29, 0.717) is 12.8 Å². The molecule has 0 bridgehead atoms. The van der Waals surface area contributed by atoms with Gasteiger partial charge in [0.25, 0.3) is 0 Å². The highest BCUT2D eigenvalue weighted by molar-refractivity contribution is 5.96. The minimum atomic E-state index is -1.56. The van der Waals surface area contributed by atoms with Gasteiger partial charge in [0.05, 0.1) is 19.6 Å². The number of aliphatic hydroxyl groups is 1. The Morgan fingerprint density at radius 3 is 2.86 bits per heavy atom. The van der Waals surface area contributed by atoms with Gasteiger partial charge in [-0.3, -0.25) is 9.69 Å². The molecule has 0 unspecified atom stereocenters. The Kier molecular flexibility index (Phi) is 4.63. The number of nitrogens with zero attached hydrogens (tertiary/aromatic N) is 1. The number of esters is 1. The Morgan fingerprint density at radius 1 is 1.64 bits per heavy atom. The Labute approximate surface area is 131 Å². The second kappa shape index (κ2) is 6.01. The molecule has 2 aliphatic heterocycles. The third-order valence-electron chi connectivity index (χ3n) is 4.97. The van der Waals surface area contributed by atoms with E-state index in [1.165, 1.54) is 18.9 Å². The second-order valence-corrected chi connectivity index (χ2v) is 6.19. The van der Waals surface area contributed by atoms with Gasteiger partial charge >= 0.3 is 5.97 Å². The van der Waals surface area contributed by atoms with Crippen LogP contribution >= 0.6 is 0 Å². The highest BCUT2D eigenvalue weighted by atomic mass is 16.6. The maximum absolute atomic E-state index is 12.8. The lowest BCUT2D eigenvalue weighted by Crippen LogP contribution is -2.63. The lowest BCUT2D eigenvalue weighted by atomic mass is 9.75. The Balaban J connectivity index is 2.46. The highest BCUT2D eigenvalue weighted by Gasteiger charge is 2.74. The van der Waals surface area contributed by atoms with Gasteiger partial charge in [-0.1, -0.05) is 19.4 Å². The van der Waals surface area contributed by atoms with Crippen molar-refractivity contribution in [1.82, 2.24) is 4.90 Å². The lowest BCUT2D eigenvalue weighted by molar-refractivity contribution is -0.166. The molecule has 0 aromatic rings. The molecular weight excluding hydrogens is 286 g/mol. The Bertz CT molecular complexity index is 475. The molecule has 22 heavy (non-hydrogen) atoms. The molecule has 2 fully saturated rings. The van der Waals surface area contributed by atoms with Crippen LogP contribution < -0.4 is 0 Å². The third-order valence-corrected chi connectivity index (χ3v) is 4.97. The van der Waals surface area contributed by atoms with E-state index in [1.807, 2.05) is 6.92 Å². The minimum Gasteiger partial charge on any atom is -0.467 e. The van der Waals surface area contributed by atoms with Crippen molar-refractivity contribution >= 4 is 11.9 Å². The van der Waals surface area contributed by atoms with E-state index < -0.39 is 29.3 Å². The van der Waals surface area contributed by atoms with Crippen LogP contribution in [0, 0.1) is 5.92 Å². The number of fused-ring (bicyclic) bond motifs is 1. The van der Waals surface area contributed by atoms with Crippen molar-refractivity contribution in [3.05, 3.63) is 12.7 Å². The monoisotopic (exact) mass is 311 g/mol. The van der Waals surface area contributed by atoms with E-state index in [1.54, 1.807) is 6.08 Å². The van der Waals surface area contributed by atoms with Crippen LogP contribution in [0.1, 0.15) is 39.5 Å². The van der Waals surface area contributed by atoms with E-state index >= 15 is 0 Å². The molecule has 0 spiro atoms. The first-order valence-electron chi connectivity index (χ1n) is 7.75. The highest BCUT2D eigenvalue weighted by Crippen LogP contribution is 2.50. The van der Waals surface area contributed by atoms with Gasteiger partial charge in [0, 0.05) is 0 Å². The van der Waals surface area contributed by atoms with Crippen LogP contribution in [0.3, 0.4) is 0 Å². The van der Waals surface area contributed by atoms with Gasteiger partial charge in [0.2, 0.25) is 5.91 Å². The largest absolute Gasteiger partial charge is 0.467 e. The van der Waals surface area contributed by atoms with Crippen molar-refractivity contribution in [2.75, 3.05) is 13.7 Å². The standard InChI is InChI=1S/C16H25NO5/c1-5-7-9-12-17-13(18)11(8-6-2)15(3,20)16(17,10-22-12)14(19)21-4/h6,11-12,20H,2,5,7-10H2,1,3-4H3/t11-,12-,15-,16+/m0/s1. The number of amides is 1. The summed E-state index contributed by atoms with van der Waals surface area (Å²) in [5.41, 5.74) is -3.03. The number of carbonyl (C=O) groups excluding carboxylic acids is 2. The summed E-state index contributed by atoms with van der Waals surface area (Å²) in [5, 5.41) is 11.0. The van der Waals surface area contributed by atoms with Gasteiger partial charge in [-0.2, -0.15) is 0 Å². The molecule has 0 saturated carbocycles. The number of unbranched alkanes of at least 4 members (excludes halogenated alkanes) is 1. The van der Waals surface area contributed by atoms with Gasteiger partial charge in [0.1, 0.15) is 11.8 Å². The van der Waals surface area contributed by atoms with Gasteiger partial charge < -0.3 is 14.6 Å². The smallest absolute Gasteiger partial charge is 0.337 e. The fourth-order valence-electron chi connectivity index (χ4n) is 3.64. The van der Waals surface area contributed by atoms with E-state index in [0.717, 1.165) is 12.8 Å². The van der Waals surface area contributed by atoms with Crippen LogP contribution in [0.4, 0.5) is 0 Å². The summed E-state index contributed by atoms with van der Waals surface area (Å²) in [5.74, 6) is -1.61. The van der Waals surface area contributed by atoms with Crippen molar-refractivity contribution in [1.29, 1.82) is 0 Å². The number of hydrogen-bond donors (Lipinski definition) is 1. The van der Waals surface area contributed by atoms with Gasteiger partial charge in [-0.25, -0.2) is 4.79 Å². The first kappa shape index (κ1) is 17.0. The van der Waals surface area contributed by atoms with Crippen molar-refractivity contribution in [2.45, 2.75) is 56.9 Å². The first-order chi connectivity index (χ1) is 10.4. The summed E-state index contributed by atoms with van der Waals surface area (Å²) in [4.78, 5) is 26.7. The van der Waals surface area contributed by atoms with E-state index in [9.17, 15) is 14.7 Å². The van der Waals surface area contributed by atoms with Gasteiger partial charge in [-0.05, 0) is 26.2 Å². The Morgan fingerprint density at radius 2 is 2.32 bits per heavy atom. The van der Waals surface area contributed by atoms with Crippen LogP contribution in [0.15, 0.2) is 12.7 Å². The summed E-state index contributed by atoms with van der Waals surface area (Å²) < 4.78 is 10.6. The predicted octanol–water partition coefficient (Wildman–Crippen LogP) is 1.23. The lowest BCUT2D eigenvalue weighted by Gasteiger charge is -2.38. The van der Waals surface area contributed by atoms with E-state index in [2.05, 4.69) is 6.58 Å². The van der Waals surface area contributed by atoms with Crippen LogP contribution in [-0.2, 0) is 19.1 Å². The molecule has 0 aromatic carbocycles. The summed E-state index contributed by atoms with van der Waals surface area (Å²) in [6.07, 6.45) is 3.87. The molecule has 4 atom stereocenters. The molecule has 2 aliphatic rings. The number of methoxy groups -OCH3 is 1. The van der Waals surface area contributed by atoms with Crippen molar-refractivity contribution in [3.8, 4) is 0 Å². The number of allylic oxidation sites excluding steroid dienone is 1. The molecule has 1 N–H and O–H groups in total. The zero-order valence-electron chi connectivity index (χ0n) is 13.5. The average molecular weight is 311 g/mol. The van der Waals surface area contributed by atoms with Crippen molar-refractivity contribution in [2.24, 2.45) is 5.92 Å². The number of rotatable bonds is 6. The van der Waals surface area contributed by atoms with Crippen molar-refractivity contribution in [3.63, 3.8) is 0 Å². The number of hydrogen-bond acceptors (Lipinski definition) is 5. The molecule has 2 rings (SSSR count).